The summed E-state index contributed by atoms with van der Waals surface area (Å²) in [4.78, 5) is 21.7. The molecule has 0 aliphatic carbocycles. The molecule has 9 heteroatoms. The fraction of sp³-hybridized carbons (Fsp3) is 0.182. The third-order valence-corrected chi connectivity index (χ3v) is 5.45. The molecule has 0 amide bonds. The maximum Gasteiger partial charge on any atom is 0.333 e. The first-order chi connectivity index (χ1) is 14.9. The third-order valence-electron chi connectivity index (χ3n) is 5.45. The zero-order valence-electron chi connectivity index (χ0n) is 17.4. The Balaban J connectivity index is 1.84. The number of pyridine rings is 2. The third kappa shape index (κ3) is 2.81. The second kappa shape index (κ2) is 6.76. The van der Waals surface area contributed by atoms with Crippen LogP contribution in [0.5, 0.6) is 5.88 Å². The molecular formula is C22H19FN6O2. The number of rotatable bonds is 3. The van der Waals surface area contributed by atoms with E-state index < -0.39 is 5.82 Å². The molecule has 5 rings (SSSR count). The van der Waals surface area contributed by atoms with E-state index in [1.807, 2.05) is 38.4 Å². The van der Waals surface area contributed by atoms with Crippen molar-refractivity contribution in [3.8, 4) is 22.7 Å². The standard InChI is InChI=1S/C22H19FN6O2/c1-12-19(11-27(2)26-12)29-20-15-7-13(14-8-16(23)21(31-4)25-9-14)5-6-17(15)24-10-18(20)28(3)22(29)30/h5-11H,1-4H3. The lowest BCUT2D eigenvalue weighted by molar-refractivity contribution is 0.369. The van der Waals surface area contributed by atoms with Crippen LogP contribution in [0.1, 0.15) is 5.69 Å². The van der Waals surface area contributed by atoms with Crippen LogP contribution in [0.4, 0.5) is 4.39 Å². The van der Waals surface area contributed by atoms with Crippen LogP contribution in [-0.4, -0.2) is 36.0 Å². The highest BCUT2D eigenvalue weighted by atomic mass is 19.1. The van der Waals surface area contributed by atoms with Crippen molar-refractivity contribution in [3.63, 3.8) is 0 Å². The lowest BCUT2D eigenvalue weighted by Crippen LogP contribution is -2.21. The number of methoxy groups -OCH3 is 1. The molecule has 0 radical (unpaired) electrons. The fourth-order valence-electron chi connectivity index (χ4n) is 3.94. The quantitative estimate of drug-likeness (QED) is 0.450. The first-order valence-electron chi connectivity index (χ1n) is 9.59. The van der Waals surface area contributed by atoms with Crippen molar-refractivity contribution < 1.29 is 9.13 Å². The minimum Gasteiger partial charge on any atom is -0.479 e. The van der Waals surface area contributed by atoms with E-state index in [0.717, 1.165) is 27.7 Å². The normalized spacial score (nSPS) is 11.5. The number of ether oxygens (including phenoxy) is 1. The lowest BCUT2D eigenvalue weighted by Gasteiger charge is -2.08. The second-order valence-electron chi connectivity index (χ2n) is 7.39. The first kappa shape index (κ1) is 19.0. The Hall–Kier alpha value is -4.01. The molecule has 5 aromatic rings. The smallest absolute Gasteiger partial charge is 0.333 e. The van der Waals surface area contributed by atoms with Crippen molar-refractivity contribution in [2.45, 2.75) is 6.92 Å². The van der Waals surface area contributed by atoms with Crippen LogP contribution in [0.25, 0.3) is 38.8 Å². The van der Waals surface area contributed by atoms with Gasteiger partial charge in [0.15, 0.2) is 5.82 Å². The minimum atomic E-state index is -0.543. The monoisotopic (exact) mass is 418 g/mol. The van der Waals surface area contributed by atoms with Crippen molar-refractivity contribution in [1.29, 1.82) is 0 Å². The van der Waals surface area contributed by atoms with Gasteiger partial charge in [0.2, 0.25) is 5.88 Å². The summed E-state index contributed by atoms with van der Waals surface area (Å²) < 4.78 is 24.0. The topological polar surface area (TPSA) is 79.8 Å². The zero-order chi connectivity index (χ0) is 21.9. The molecule has 0 saturated carbocycles. The van der Waals surface area contributed by atoms with E-state index in [1.54, 1.807) is 33.3 Å². The molecule has 4 heterocycles. The van der Waals surface area contributed by atoms with E-state index in [4.69, 9.17) is 4.74 Å². The van der Waals surface area contributed by atoms with Gasteiger partial charge < -0.3 is 4.74 Å². The van der Waals surface area contributed by atoms with Gasteiger partial charge in [-0.2, -0.15) is 5.10 Å². The van der Waals surface area contributed by atoms with Gasteiger partial charge in [0.25, 0.3) is 0 Å². The van der Waals surface area contributed by atoms with E-state index >= 15 is 0 Å². The zero-order valence-corrected chi connectivity index (χ0v) is 17.4. The van der Waals surface area contributed by atoms with Gasteiger partial charge in [-0.15, -0.1) is 0 Å². The minimum absolute atomic E-state index is 0.0578. The summed E-state index contributed by atoms with van der Waals surface area (Å²) in [5.41, 5.74) is 4.73. The second-order valence-corrected chi connectivity index (χ2v) is 7.39. The summed E-state index contributed by atoms with van der Waals surface area (Å²) in [7, 11) is 4.90. The molecule has 0 saturated heterocycles. The first-order valence-corrected chi connectivity index (χ1v) is 9.59. The van der Waals surface area contributed by atoms with Crippen LogP contribution in [0.2, 0.25) is 0 Å². The average molecular weight is 418 g/mol. The summed E-state index contributed by atoms with van der Waals surface area (Å²) in [6.45, 7) is 1.86. The Morgan fingerprint density at radius 3 is 2.55 bits per heavy atom. The molecule has 0 spiro atoms. The van der Waals surface area contributed by atoms with E-state index in [2.05, 4.69) is 15.1 Å². The molecule has 156 valence electrons. The number of hydrogen-bond donors (Lipinski definition) is 0. The highest BCUT2D eigenvalue weighted by Gasteiger charge is 2.19. The van der Waals surface area contributed by atoms with Crippen molar-refractivity contribution in [3.05, 3.63) is 64.9 Å². The molecule has 0 bridgehead atoms. The maximum atomic E-state index is 14.2. The number of hydrogen-bond acceptors (Lipinski definition) is 5. The van der Waals surface area contributed by atoms with Crippen LogP contribution < -0.4 is 10.4 Å². The van der Waals surface area contributed by atoms with Gasteiger partial charge in [0, 0.05) is 37.4 Å². The predicted octanol–water partition coefficient (Wildman–Crippen LogP) is 3.13. The number of halogens is 1. The molecule has 0 aliphatic rings. The molecular weight excluding hydrogens is 399 g/mol. The summed E-state index contributed by atoms with van der Waals surface area (Å²) in [5, 5.41) is 5.16. The highest BCUT2D eigenvalue weighted by molar-refractivity contribution is 6.04. The SMILES string of the molecule is COc1ncc(-c2ccc3ncc4c(c3c2)n(-c2cn(C)nc2C)c(=O)n4C)cc1F. The lowest BCUT2D eigenvalue weighted by atomic mass is 10.0. The summed E-state index contributed by atoms with van der Waals surface area (Å²) in [6, 6.07) is 6.98. The maximum absolute atomic E-state index is 14.2. The number of imidazole rings is 1. The Labute approximate surface area is 176 Å². The van der Waals surface area contributed by atoms with E-state index in [1.165, 1.54) is 13.2 Å². The summed E-state index contributed by atoms with van der Waals surface area (Å²) in [5.74, 6) is -0.600. The van der Waals surface area contributed by atoms with Crippen molar-refractivity contribution in [2.24, 2.45) is 14.1 Å². The highest BCUT2D eigenvalue weighted by Crippen LogP contribution is 2.31. The van der Waals surface area contributed by atoms with E-state index in [-0.39, 0.29) is 11.6 Å². The molecule has 31 heavy (non-hydrogen) atoms. The number of benzene rings is 1. The van der Waals surface area contributed by atoms with Crippen LogP contribution in [-0.2, 0) is 14.1 Å². The van der Waals surface area contributed by atoms with E-state index in [0.29, 0.717) is 16.8 Å². The van der Waals surface area contributed by atoms with Crippen LogP contribution in [0.3, 0.4) is 0 Å². The van der Waals surface area contributed by atoms with Crippen LogP contribution in [0, 0.1) is 12.7 Å². The number of nitrogens with zero attached hydrogens (tertiary/aromatic N) is 6. The number of aryl methyl sites for hydroxylation is 3. The van der Waals surface area contributed by atoms with E-state index in [9.17, 15) is 9.18 Å². The Kier molecular flexibility index (Phi) is 4.14. The van der Waals surface area contributed by atoms with Gasteiger partial charge in [-0.05, 0) is 30.7 Å². The molecule has 0 fully saturated rings. The van der Waals surface area contributed by atoms with Crippen molar-refractivity contribution in [1.82, 2.24) is 28.9 Å². The molecule has 0 atom stereocenters. The van der Waals surface area contributed by atoms with Crippen molar-refractivity contribution >= 4 is 21.9 Å². The predicted molar refractivity (Wildman–Crippen MR) is 115 cm³/mol. The Morgan fingerprint density at radius 2 is 1.87 bits per heavy atom. The Bertz CT molecular complexity index is 1550. The van der Waals surface area contributed by atoms with Crippen molar-refractivity contribution in [2.75, 3.05) is 7.11 Å². The Morgan fingerprint density at radius 1 is 1.06 bits per heavy atom. The van der Waals surface area contributed by atoms with Gasteiger partial charge in [0.05, 0.1) is 41.2 Å². The van der Waals surface area contributed by atoms with Gasteiger partial charge in [-0.3, -0.25) is 18.8 Å². The molecule has 0 aliphatic heterocycles. The van der Waals surface area contributed by atoms with Gasteiger partial charge in [-0.25, -0.2) is 14.2 Å². The largest absolute Gasteiger partial charge is 0.479 e. The molecule has 4 aromatic heterocycles. The molecule has 1 aromatic carbocycles. The number of fused-ring (bicyclic) bond motifs is 3. The number of aromatic nitrogens is 6. The summed E-state index contributed by atoms with van der Waals surface area (Å²) >= 11 is 0. The van der Waals surface area contributed by atoms with Crippen LogP contribution in [0.15, 0.2) is 47.7 Å². The summed E-state index contributed by atoms with van der Waals surface area (Å²) in [6.07, 6.45) is 5.06. The average Bonchev–Trinajstić information content (AvgIpc) is 3.22. The molecule has 8 nitrogen and oxygen atoms in total. The molecule has 0 unspecified atom stereocenters. The molecule has 0 N–H and O–H groups in total. The van der Waals surface area contributed by atoms with Gasteiger partial charge >= 0.3 is 5.69 Å². The fourth-order valence-corrected chi connectivity index (χ4v) is 3.94. The van der Waals surface area contributed by atoms with Crippen LogP contribution >= 0.6 is 0 Å². The van der Waals surface area contributed by atoms with Gasteiger partial charge in [0.1, 0.15) is 0 Å². The van der Waals surface area contributed by atoms with Gasteiger partial charge in [-0.1, -0.05) is 6.07 Å².